The molecule has 3 rings (SSSR count). The SMILES string of the molecule is COc1cccc(N=Nc2c(-c3ccccc3OC)[nH][nH]c2=O)c1. The lowest BCUT2D eigenvalue weighted by Crippen LogP contribution is -1.96. The minimum atomic E-state index is -0.359. The predicted molar refractivity (Wildman–Crippen MR) is 90.6 cm³/mol. The molecule has 0 amide bonds. The van der Waals surface area contributed by atoms with Crippen LogP contribution in [0.1, 0.15) is 0 Å². The van der Waals surface area contributed by atoms with Crippen molar-refractivity contribution in [3.8, 4) is 22.8 Å². The molecule has 0 spiro atoms. The number of benzene rings is 2. The van der Waals surface area contributed by atoms with Crippen molar-refractivity contribution in [1.29, 1.82) is 0 Å². The summed E-state index contributed by atoms with van der Waals surface area (Å²) in [6.07, 6.45) is 0. The van der Waals surface area contributed by atoms with Gasteiger partial charge in [0.1, 0.15) is 11.5 Å². The van der Waals surface area contributed by atoms with Gasteiger partial charge in [0.15, 0.2) is 5.69 Å². The minimum Gasteiger partial charge on any atom is -0.497 e. The Kier molecular flexibility index (Phi) is 4.42. The zero-order chi connectivity index (χ0) is 16.9. The van der Waals surface area contributed by atoms with Crippen LogP contribution in [0.5, 0.6) is 11.5 Å². The van der Waals surface area contributed by atoms with Crippen LogP contribution in [0.3, 0.4) is 0 Å². The molecule has 24 heavy (non-hydrogen) atoms. The number of azo groups is 1. The van der Waals surface area contributed by atoms with E-state index < -0.39 is 0 Å². The number of hydrogen-bond donors (Lipinski definition) is 2. The summed E-state index contributed by atoms with van der Waals surface area (Å²) in [6.45, 7) is 0. The minimum absolute atomic E-state index is 0.183. The fourth-order valence-corrected chi connectivity index (χ4v) is 2.27. The van der Waals surface area contributed by atoms with E-state index in [9.17, 15) is 4.79 Å². The van der Waals surface area contributed by atoms with Gasteiger partial charge in [0.2, 0.25) is 0 Å². The van der Waals surface area contributed by atoms with E-state index in [-0.39, 0.29) is 11.2 Å². The molecule has 2 aromatic carbocycles. The van der Waals surface area contributed by atoms with Gasteiger partial charge in [-0.1, -0.05) is 18.2 Å². The van der Waals surface area contributed by atoms with Gasteiger partial charge in [-0.3, -0.25) is 15.0 Å². The predicted octanol–water partition coefficient (Wildman–Crippen LogP) is 3.80. The lowest BCUT2D eigenvalue weighted by Gasteiger charge is -2.06. The van der Waals surface area contributed by atoms with Gasteiger partial charge in [-0.05, 0) is 24.3 Å². The van der Waals surface area contributed by atoms with Crippen LogP contribution < -0.4 is 15.0 Å². The largest absolute Gasteiger partial charge is 0.497 e. The van der Waals surface area contributed by atoms with E-state index in [1.54, 1.807) is 32.4 Å². The van der Waals surface area contributed by atoms with Crippen LogP contribution in [0.25, 0.3) is 11.3 Å². The second kappa shape index (κ2) is 6.82. The quantitative estimate of drug-likeness (QED) is 0.699. The standard InChI is InChI=1S/C17H16N4O3/c1-23-12-7-5-6-11(10-12)18-20-16-15(19-21-17(16)22)13-8-3-4-9-14(13)24-2/h3-10H,1-2H3,(H2,19,21,22). The lowest BCUT2D eigenvalue weighted by atomic mass is 10.1. The van der Waals surface area contributed by atoms with Gasteiger partial charge < -0.3 is 9.47 Å². The second-order valence-corrected chi connectivity index (χ2v) is 4.90. The monoisotopic (exact) mass is 324 g/mol. The molecule has 0 saturated carbocycles. The number of hydrogen-bond acceptors (Lipinski definition) is 5. The van der Waals surface area contributed by atoms with Gasteiger partial charge in [0, 0.05) is 11.6 Å². The third-order valence-electron chi connectivity index (χ3n) is 3.45. The molecule has 1 aromatic heterocycles. The van der Waals surface area contributed by atoms with Gasteiger partial charge >= 0.3 is 0 Å². The van der Waals surface area contributed by atoms with Crippen molar-refractivity contribution in [1.82, 2.24) is 10.2 Å². The van der Waals surface area contributed by atoms with E-state index in [0.29, 0.717) is 22.9 Å². The topological polar surface area (TPSA) is 91.8 Å². The molecular weight excluding hydrogens is 308 g/mol. The normalized spacial score (nSPS) is 10.9. The summed E-state index contributed by atoms with van der Waals surface area (Å²) in [5.74, 6) is 1.30. The summed E-state index contributed by atoms with van der Waals surface area (Å²) in [4.78, 5) is 12.1. The van der Waals surface area contributed by atoms with E-state index in [0.717, 1.165) is 5.56 Å². The van der Waals surface area contributed by atoms with Crippen LogP contribution in [-0.2, 0) is 0 Å². The van der Waals surface area contributed by atoms with Crippen LogP contribution in [0, 0.1) is 0 Å². The van der Waals surface area contributed by atoms with Crippen molar-refractivity contribution in [2.45, 2.75) is 0 Å². The van der Waals surface area contributed by atoms with Crippen LogP contribution in [-0.4, -0.2) is 24.4 Å². The fraction of sp³-hybridized carbons (Fsp3) is 0.118. The molecule has 0 aliphatic carbocycles. The highest BCUT2D eigenvalue weighted by molar-refractivity contribution is 5.76. The maximum atomic E-state index is 12.1. The third kappa shape index (κ3) is 3.05. The summed E-state index contributed by atoms with van der Waals surface area (Å²) in [5.41, 5.74) is 1.65. The van der Waals surface area contributed by atoms with E-state index in [1.807, 2.05) is 30.3 Å². The van der Waals surface area contributed by atoms with Crippen molar-refractivity contribution in [2.24, 2.45) is 10.2 Å². The number of methoxy groups -OCH3 is 2. The van der Waals surface area contributed by atoms with E-state index in [4.69, 9.17) is 9.47 Å². The van der Waals surface area contributed by atoms with Crippen molar-refractivity contribution >= 4 is 11.4 Å². The molecule has 0 bridgehead atoms. The highest BCUT2D eigenvalue weighted by Gasteiger charge is 2.15. The molecule has 3 aromatic rings. The number of nitrogens with zero attached hydrogens (tertiary/aromatic N) is 2. The Hall–Kier alpha value is -3.35. The van der Waals surface area contributed by atoms with Crippen molar-refractivity contribution in [2.75, 3.05) is 14.2 Å². The molecule has 0 fully saturated rings. The molecule has 122 valence electrons. The fourth-order valence-electron chi connectivity index (χ4n) is 2.27. The Morgan fingerprint density at radius 1 is 0.917 bits per heavy atom. The number of aromatic amines is 2. The Labute approximate surface area is 138 Å². The van der Waals surface area contributed by atoms with Gasteiger partial charge in [0.05, 0.1) is 25.6 Å². The average Bonchev–Trinajstić information content (AvgIpc) is 3.00. The van der Waals surface area contributed by atoms with Crippen molar-refractivity contribution in [3.05, 3.63) is 58.9 Å². The number of aromatic nitrogens is 2. The molecule has 7 heteroatoms. The Morgan fingerprint density at radius 2 is 1.75 bits per heavy atom. The van der Waals surface area contributed by atoms with Crippen LogP contribution in [0.2, 0.25) is 0 Å². The molecule has 0 atom stereocenters. The first-order chi connectivity index (χ1) is 11.7. The Bertz CT molecular complexity index is 927. The Morgan fingerprint density at radius 3 is 2.54 bits per heavy atom. The molecule has 0 saturated heterocycles. The first kappa shape index (κ1) is 15.5. The van der Waals surface area contributed by atoms with Crippen molar-refractivity contribution in [3.63, 3.8) is 0 Å². The molecule has 0 aliphatic rings. The lowest BCUT2D eigenvalue weighted by molar-refractivity contribution is 0.415. The first-order valence-corrected chi connectivity index (χ1v) is 7.22. The summed E-state index contributed by atoms with van der Waals surface area (Å²) >= 11 is 0. The molecule has 0 aliphatic heterocycles. The number of rotatable bonds is 5. The summed E-state index contributed by atoms with van der Waals surface area (Å²) in [5, 5.41) is 13.6. The maximum Gasteiger partial charge on any atom is 0.292 e. The van der Waals surface area contributed by atoms with E-state index in [2.05, 4.69) is 20.4 Å². The smallest absolute Gasteiger partial charge is 0.292 e. The molecule has 0 unspecified atom stereocenters. The zero-order valence-corrected chi connectivity index (χ0v) is 13.2. The number of para-hydroxylation sites is 1. The van der Waals surface area contributed by atoms with Crippen LogP contribution in [0.4, 0.5) is 11.4 Å². The van der Waals surface area contributed by atoms with E-state index in [1.165, 1.54) is 0 Å². The van der Waals surface area contributed by atoms with Crippen LogP contribution >= 0.6 is 0 Å². The van der Waals surface area contributed by atoms with Gasteiger partial charge in [-0.25, -0.2) is 0 Å². The Balaban J connectivity index is 2.02. The molecule has 0 radical (unpaired) electrons. The highest BCUT2D eigenvalue weighted by atomic mass is 16.5. The number of ether oxygens (including phenoxy) is 2. The third-order valence-corrected chi connectivity index (χ3v) is 3.45. The van der Waals surface area contributed by atoms with Gasteiger partial charge in [0.25, 0.3) is 5.56 Å². The molecule has 2 N–H and O–H groups in total. The number of H-pyrrole nitrogens is 2. The average molecular weight is 324 g/mol. The summed E-state index contributed by atoms with van der Waals surface area (Å²) in [6, 6.07) is 14.5. The van der Waals surface area contributed by atoms with Gasteiger partial charge in [-0.2, -0.15) is 5.11 Å². The highest BCUT2D eigenvalue weighted by Crippen LogP contribution is 2.33. The second-order valence-electron chi connectivity index (χ2n) is 4.90. The van der Waals surface area contributed by atoms with Crippen molar-refractivity contribution < 1.29 is 9.47 Å². The molecular formula is C17H16N4O3. The molecule has 1 heterocycles. The molecule has 7 nitrogen and oxygen atoms in total. The van der Waals surface area contributed by atoms with E-state index >= 15 is 0 Å². The summed E-state index contributed by atoms with van der Waals surface area (Å²) < 4.78 is 10.5. The van der Waals surface area contributed by atoms with Crippen LogP contribution in [0.15, 0.2) is 63.6 Å². The van der Waals surface area contributed by atoms with Gasteiger partial charge in [-0.15, -0.1) is 5.11 Å². The maximum absolute atomic E-state index is 12.1. The zero-order valence-electron chi connectivity index (χ0n) is 13.2. The number of nitrogens with one attached hydrogen (secondary N) is 2. The first-order valence-electron chi connectivity index (χ1n) is 7.22. The summed E-state index contributed by atoms with van der Waals surface area (Å²) in [7, 11) is 3.15.